The summed E-state index contributed by atoms with van der Waals surface area (Å²) in [5.41, 5.74) is 6.58. The van der Waals surface area contributed by atoms with E-state index in [1.165, 1.54) is 70.6 Å². The molecule has 0 aromatic rings. The molecular formula is C19H38N2. The third kappa shape index (κ3) is 6.52. The smallest absolute Gasteiger partial charge is 0.0771 e. The van der Waals surface area contributed by atoms with Crippen LogP contribution in [0.3, 0.4) is 0 Å². The third-order valence-electron chi connectivity index (χ3n) is 5.08. The Morgan fingerprint density at radius 1 is 0.952 bits per heavy atom. The number of hydrogen-bond donors (Lipinski definition) is 1. The zero-order valence-electron chi connectivity index (χ0n) is 14.7. The molecule has 0 spiro atoms. The zero-order chi connectivity index (χ0) is 15.6. The maximum atomic E-state index is 6.29. The summed E-state index contributed by atoms with van der Waals surface area (Å²) in [7, 11) is 0. The van der Waals surface area contributed by atoms with Crippen molar-refractivity contribution >= 4 is 0 Å². The summed E-state index contributed by atoms with van der Waals surface area (Å²) in [6.07, 6.45) is 19.4. The Kier molecular flexibility index (Phi) is 9.26. The molecule has 0 amide bonds. The van der Waals surface area contributed by atoms with Crippen LogP contribution in [0.2, 0.25) is 0 Å². The van der Waals surface area contributed by atoms with Crippen molar-refractivity contribution in [3.05, 3.63) is 12.2 Å². The van der Waals surface area contributed by atoms with Crippen LogP contribution in [-0.4, -0.2) is 23.1 Å². The molecule has 2 N–H and O–H groups in total. The molecule has 0 bridgehead atoms. The van der Waals surface area contributed by atoms with Crippen LogP contribution < -0.4 is 5.73 Å². The first-order valence-electron chi connectivity index (χ1n) is 9.33. The highest BCUT2D eigenvalue weighted by atomic mass is 15.3. The van der Waals surface area contributed by atoms with E-state index in [-0.39, 0.29) is 6.17 Å². The predicted molar refractivity (Wildman–Crippen MR) is 94.4 cm³/mol. The summed E-state index contributed by atoms with van der Waals surface area (Å²) < 4.78 is 0. The van der Waals surface area contributed by atoms with Gasteiger partial charge in [0.25, 0.3) is 0 Å². The van der Waals surface area contributed by atoms with Gasteiger partial charge in [0.2, 0.25) is 0 Å². The molecule has 1 rings (SSSR count). The van der Waals surface area contributed by atoms with Gasteiger partial charge in [0.05, 0.1) is 6.17 Å². The molecule has 0 saturated heterocycles. The van der Waals surface area contributed by atoms with E-state index in [1.807, 2.05) is 0 Å². The normalized spacial score (nSPS) is 21.8. The van der Waals surface area contributed by atoms with Gasteiger partial charge in [0.15, 0.2) is 0 Å². The van der Waals surface area contributed by atoms with Crippen LogP contribution in [0.1, 0.15) is 91.4 Å². The standard InChI is InChI=1S/C19H38N2/c1-4-6-8-10-12-16-19(3,15-11-9-7-5-2)21-17-13-14-18(21)20/h13-14,18H,4-12,15-17,20H2,1-3H3. The van der Waals surface area contributed by atoms with E-state index in [0.717, 1.165) is 6.54 Å². The first-order valence-corrected chi connectivity index (χ1v) is 9.33. The summed E-state index contributed by atoms with van der Waals surface area (Å²) in [5.74, 6) is 0. The van der Waals surface area contributed by atoms with E-state index in [1.54, 1.807) is 0 Å². The van der Waals surface area contributed by atoms with E-state index in [2.05, 4.69) is 37.8 Å². The first-order chi connectivity index (χ1) is 10.1. The topological polar surface area (TPSA) is 29.3 Å². The molecule has 21 heavy (non-hydrogen) atoms. The Balaban J connectivity index is 2.44. The lowest BCUT2D eigenvalue weighted by Crippen LogP contribution is -2.52. The van der Waals surface area contributed by atoms with Crippen LogP contribution in [0.4, 0.5) is 0 Å². The van der Waals surface area contributed by atoms with Crippen molar-refractivity contribution in [2.45, 2.75) is 103 Å². The average molecular weight is 295 g/mol. The van der Waals surface area contributed by atoms with Gasteiger partial charge in [-0.25, -0.2) is 0 Å². The highest BCUT2D eigenvalue weighted by molar-refractivity contribution is 5.06. The van der Waals surface area contributed by atoms with Crippen LogP contribution in [-0.2, 0) is 0 Å². The number of hydrogen-bond acceptors (Lipinski definition) is 2. The summed E-state index contributed by atoms with van der Waals surface area (Å²) in [6.45, 7) is 8.06. The van der Waals surface area contributed by atoms with Gasteiger partial charge in [-0.1, -0.05) is 83.8 Å². The summed E-state index contributed by atoms with van der Waals surface area (Å²) in [6, 6.07) is 0. The van der Waals surface area contributed by atoms with Crippen molar-refractivity contribution in [3.63, 3.8) is 0 Å². The minimum atomic E-state index is 0.136. The number of unbranched alkanes of at least 4 members (excludes halogenated alkanes) is 7. The Labute approximate surface area is 133 Å². The fourth-order valence-corrected chi connectivity index (χ4v) is 3.57. The Bertz CT molecular complexity index is 287. The van der Waals surface area contributed by atoms with Crippen LogP contribution in [0.15, 0.2) is 12.2 Å². The molecule has 0 aromatic heterocycles. The second kappa shape index (κ2) is 10.4. The first kappa shape index (κ1) is 18.7. The van der Waals surface area contributed by atoms with E-state index < -0.39 is 0 Å². The van der Waals surface area contributed by atoms with E-state index in [9.17, 15) is 0 Å². The minimum absolute atomic E-state index is 0.136. The number of nitrogens with zero attached hydrogens (tertiary/aromatic N) is 1. The quantitative estimate of drug-likeness (QED) is 0.394. The number of nitrogens with two attached hydrogens (primary N) is 1. The van der Waals surface area contributed by atoms with E-state index in [4.69, 9.17) is 5.73 Å². The largest absolute Gasteiger partial charge is 0.312 e. The molecule has 0 saturated carbocycles. The monoisotopic (exact) mass is 294 g/mol. The molecule has 2 unspecified atom stereocenters. The molecule has 124 valence electrons. The maximum absolute atomic E-state index is 6.29. The van der Waals surface area contributed by atoms with Crippen molar-refractivity contribution in [3.8, 4) is 0 Å². The third-order valence-corrected chi connectivity index (χ3v) is 5.08. The van der Waals surface area contributed by atoms with Gasteiger partial charge in [0, 0.05) is 12.1 Å². The fourth-order valence-electron chi connectivity index (χ4n) is 3.57. The highest BCUT2D eigenvalue weighted by Gasteiger charge is 2.34. The molecule has 0 aromatic carbocycles. The van der Waals surface area contributed by atoms with E-state index >= 15 is 0 Å². The zero-order valence-corrected chi connectivity index (χ0v) is 14.7. The lowest BCUT2D eigenvalue weighted by molar-refractivity contribution is 0.0778. The molecule has 0 fully saturated rings. The Morgan fingerprint density at radius 3 is 1.95 bits per heavy atom. The Morgan fingerprint density at radius 2 is 1.48 bits per heavy atom. The summed E-state index contributed by atoms with van der Waals surface area (Å²) in [5, 5.41) is 0. The second-order valence-electron chi connectivity index (χ2n) is 7.04. The van der Waals surface area contributed by atoms with Crippen LogP contribution in [0.5, 0.6) is 0 Å². The van der Waals surface area contributed by atoms with Crippen LogP contribution in [0, 0.1) is 0 Å². The fraction of sp³-hybridized carbons (Fsp3) is 0.895. The Hall–Kier alpha value is -0.340. The molecule has 0 aliphatic carbocycles. The SMILES string of the molecule is CCCCCCCC(C)(CCCCCC)N1CC=CC1N. The molecule has 1 aliphatic rings. The van der Waals surface area contributed by atoms with Gasteiger partial charge in [0.1, 0.15) is 0 Å². The van der Waals surface area contributed by atoms with Gasteiger partial charge >= 0.3 is 0 Å². The van der Waals surface area contributed by atoms with Gasteiger partial charge < -0.3 is 5.73 Å². The van der Waals surface area contributed by atoms with E-state index in [0.29, 0.717) is 5.54 Å². The summed E-state index contributed by atoms with van der Waals surface area (Å²) >= 11 is 0. The molecule has 2 heteroatoms. The van der Waals surface area contributed by atoms with Crippen molar-refractivity contribution < 1.29 is 0 Å². The molecule has 1 heterocycles. The van der Waals surface area contributed by atoms with Crippen molar-refractivity contribution in [2.24, 2.45) is 5.73 Å². The van der Waals surface area contributed by atoms with Gasteiger partial charge in [-0.05, 0) is 19.8 Å². The lowest BCUT2D eigenvalue weighted by atomic mass is 9.86. The van der Waals surface area contributed by atoms with Gasteiger partial charge in [-0.15, -0.1) is 0 Å². The summed E-state index contributed by atoms with van der Waals surface area (Å²) in [4.78, 5) is 2.53. The maximum Gasteiger partial charge on any atom is 0.0771 e. The average Bonchev–Trinajstić information content (AvgIpc) is 2.90. The van der Waals surface area contributed by atoms with Crippen molar-refractivity contribution in [1.29, 1.82) is 0 Å². The molecule has 2 nitrogen and oxygen atoms in total. The van der Waals surface area contributed by atoms with Crippen molar-refractivity contribution in [2.75, 3.05) is 6.54 Å². The molecule has 1 aliphatic heterocycles. The lowest BCUT2D eigenvalue weighted by Gasteiger charge is -2.42. The molecular weight excluding hydrogens is 256 g/mol. The van der Waals surface area contributed by atoms with Gasteiger partial charge in [-0.2, -0.15) is 0 Å². The van der Waals surface area contributed by atoms with Crippen molar-refractivity contribution in [1.82, 2.24) is 4.90 Å². The molecule has 0 radical (unpaired) electrons. The number of rotatable bonds is 12. The highest BCUT2D eigenvalue weighted by Crippen LogP contribution is 2.32. The molecule has 2 atom stereocenters. The minimum Gasteiger partial charge on any atom is -0.312 e. The second-order valence-corrected chi connectivity index (χ2v) is 7.04. The predicted octanol–water partition coefficient (Wildman–Crippen LogP) is 5.23. The van der Waals surface area contributed by atoms with Gasteiger partial charge in [-0.3, -0.25) is 4.90 Å². The van der Waals surface area contributed by atoms with Crippen LogP contribution in [0.25, 0.3) is 0 Å². The van der Waals surface area contributed by atoms with Crippen LogP contribution >= 0.6 is 0 Å².